The highest BCUT2D eigenvalue weighted by molar-refractivity contribution is 6.43. The number of hydrogen-bond acceptors (Lipinski definition) is 1. The van der Waals surface area contributed by atoms with Crippen LogP contribution in [0.25, 0.3) is 0 Å². The van der Waals surface area contributed by atoms with Crippen LogP contribution in [0.5, 0.6) is 0 Å². The maximum Gasteiger partial charge on any atom is 0.151 e. The molecule has 0 aliphatic heterocycles. The van der Waals surface area contributed by atoms with E-state index in [2.05, 4.69) is 0 Å². The summed E-state index contributed by atoms with van der Waals surface area (Å²) in [5.41, 5.74) is 1.31. The zero-order valence-corrected chi connectivity index (χ0v) is 9.41. The van der Waals surface area contributed by atoms with Crippen LogP contribution in [0.15, 0.2) is 12.1 Å². The normalized spacial score (nSPS) is 8.69. The summed E-state index contributed by atoms with van der Waals surface area (Å²) in [5, 5.41) is 0.790. The molecule has 0 aromatic heterocycles. The molecule has 1 aromatic rings. The van der Waals surface area contributed by atoms with Crippen molar-refractivity contribution in [2.75, 3.05) is 0 Å². The Balaban J connectivity index is 0.000000671. The summed E-state index contributed by atoms with van der Waals surface area (Å²) in [6.45, 7) is 5.84. The molecule has 0 aliphatic rings. The lowest BCUT2D eigenvalue weighted by molar-refractivity contribution is 0.112. The second kappa shape index (κ2) is 6.01. The van der Waals surface area contributed by atoms with Crippen molar-refractivity contribution in [3.05, 3.63) is 33.3 Å². The van der Waals surface area contributed by atoms with Crippen LogP contribution in [0.4, 0.5) is 0 Å². The molecule has 13 heavy (non-hydrogen) atoms. The van der Waals surface area contributed by atoms with E-state index in [1.54, 1.807) is 12.1 Å². The molecule has 0 atom stereocenters. The second-order valence-electron chi connectivity index (χ2n) is 2.22. The van der Waals surface area contributed by atoms with Crippen LogP contribution in [-0.2, 0) is 0 Å². The summed E-state index contributed by atoms with van der Waals surface area (Å²) < 4.78 is 0. The zero-order valence-electron chi connectivity index (χ0n) is 7.90. The van der Waals surface area contributed by atoms with Gasteiger partial charge in [0.1, 0.15) is 0 Å². The molecule has 0 fully saturated rings. The first kappa shape index (κ1) is 12.5. The summed E-state index contributed by atoms with van der Waals surface area (Å²) in [7, 11) is 0. The molecule has 1 nitrogen and oxygen atoms in total. The first-order chi connectivity index (χ1) is 6.16. The lowest BCUT2D eigenvalue weighted by Gasteiger charge is -2.01. The van der Waals surface area contributed by atoms with Gasteiger partial charge in [-0.3, -0.25) is 4.79 Å². The standard InChI is InChI=1S/C8H6Cl2O.C2H6/c1-5-2-3-6(4-11)8(10)7(5)9;1-2/h2-4H,1H3;1-2H3. The number of aryl methyl sites for hydroxylation is 1. The Bertz CT molecular complexity index is 295. The number of carbonyl (C=O) groups excluding carboxylic acids is 1. The minimum atomic E-state index is 0.335. The minimum Gasteiger partial charge on any atom is -0.298 e. The van der Waals surface area contributed by atoms with Crippen molar-refractivity contribution in [3.8, 4) is 0 Å². The Hall–Kier alpha value is -0.530. The van der Waals surface area contributed by atoms with Gasteiger partial charge >= 0.3 is 0 Å². The Labute approximate surface area is 88.7 Å². The molecule has 0 unspecified atom stereocenters. The Morgan fingerprint density at radius 3 is 2.15 bits per heavy atom. The van der Waals surface area contributed by atoms with Gasteiger partial charge in [0.05, 0.1) is 10.0 Å². The number of carbonyl (C=O) groups is 1. The van der Waals surface area contributed by atoms with E-state index in [-0.39, 0.29) is 0 Å². The molecular formula is C10H12Cl2O. The van der Waals surface area contributed by atoms with Crippen LogP contribution < -0.4 is 0 Å². The van der Waals surface area contributed by atoms with E-state index in [0.29, 0.717) is 21.9 Å². The van der Waals surface area contributed by atoms with E-state index in [0.717, 1.165) is 5.56 Å². The van der Waals surface area contributed by atoms with Gasteiger partial charge in [-0.05, 0) is 18.6 Å². The molecule has 0 bridgehead atoms. The lowest BCUT2D eigenvalue weighted by Crippen LogP contribution is -1.84. The van der Waals surface area contributed by atoms with Crippen molar-refractivity contribution in [3.63, 3.8) is 0 Å². The smallest absolute Gasteiger partial charge is 0.151 e. The number of halogens is 2. The van der Waals surface area contributed by atoms with Gasteiger partial charge in [-0.2, -0.15) is 0 Å². The molecule has 0 amide bonds. The lowest BCUT2D eigenvalue weighted by atomic mass is 10.2. The van der Waals surface area contributed by atoms with Crippen molar-refractivity contribution in [2.45, 2.75) is 20.8 Å². The summed E-state index contributed by atoms with van der Waals surface area (Å²) in [4.78, 5) is 10.3. The molecule has 0 saturated carbocycles. The third-order valence-corrected chi connectivity index (χ3v) is 2.42. The molecule has 0 N–H and O–H groups in total. The third-order valence-electron chi connectivity index (χ3n) is 1.43. The third kappa shape index (κ3) is 3.02. The van der Waals surface area contributed by atoms with E-state index in [1.165, 1.54) is 0 Å². The van der Waals surface area contributed by atoms with Crippen LogP contribution in [0, 0.1) is 6.92 Å². The predicted octanol–water partition coefficient (Wildman–Crippen LogP) is 4.14. The Morgan fingerprint density at radius 2 is 1.69 bits per heavy atom. The van der Waals surface area contributed by atoms with Gasteiger partial charge in [0.15, 0.2) is 6.29 Å². The van der Waals surface area contributed by atoms with Crippen molar-refractivity contribution >= 4 is 29.5 Å². The van der Waals surface area contributed by atoms with Crippen LogP contribution in [-0.4, -0.2) is 6.29 Å². The Kier molecular flexibility index (Phi) is 5.76. The van der Waals surface area contributed by atoms with E-state index in [1.807, 2.05) is 20.8 Å². The monoisotopic (exact) mass is 218 g/mol. The summed E-state index contributed by atoms with van der Waals surface area (Å²) in [6, 6.07) is 3.41. The van der Waals surface area contributed by atoms with E-state index in [4.69, 9.17) is 23.2 Å². The van der Waals surface area contributed by atoms with Crippen LogP contribution in [0.1, 0.15) is 29.8 Å². The molecule has 72 valence electrons. The predicted molar refractivity (Wildman–Crippen MR) is 57.9 cm³/mol. The van der Waals surface area contributed by atoms with Gasteiger partial charge in [0, 0.05) is 5.56 Å². The average Bonchev–Trinajstić information content (AvgIpc) is 2.18. The maximum absolute atomic E-state index is 10.3. The van der Waals surface area contributed by atoms with Gasteiger partial charge in [-0.15, -0.1) is 0 Å². The van der Waals surface area contributed by atoms with Gasteiger partial charge in [0.2, 0.25) is 0 Å². The van der Waals surface area contributed by atoms with Gasteiger partial charge < -0.3 is 0 Å². The van der Waals surface area contributed by atoms with Crippen molar-refractivity contribution in [1.29, 1.82) is 0 Å². The molecule has 1 aromatic carbocycles. The van der Waals surface area contributed by atoms with Crippen LogP contribution in [0.2, 0.25) is 10.0 Å². The molecule has 0 radical (unpaired) electrons. The van der Waals surface area contributed by atoms with Gasteiger partial charge in [-0.25, -0.2) is 0 Å². The number of rotatable bonds is 1. The number of benzene rings is 1. The summed E-state index contributed by atoms with van der Waals surface area (Å²) >= 11 is 11.5. The number of hydrogen-bond donors (Lipinski definition) is 0. The topological polar surface area (TPSA) is 17.1 Å². The van der Waals surface area contributed by atoms with E-state index >= 15 is 0 Å². The quantitative estimate of drug-likeness (QED) is 0.648. The Morgan fingerprint density at radius 1 is 1.15 bits per heavy atom. The molecule has 0 saturated heterocycles. The first-order valence-electron chi connectivity index (χ1n) is 4.06. The molecule has 0 aliphatic carbocycles. The van der Waals surface area contributed by atoms with Crippen molar-refractivity contribution in [1.82, 2.24) is 0 Å². The number of aldehydes is 1. The van der Waals surface area contributed by atoms with Crippen molar-refractivity contribution in [2.24, 2.45) is 0 Å². The molecule has 1 rings (SSSR count). The van der Waals surface area contributed by atoms with E-state index in [9.17, 15) is 4.79 Å². The second-order valence-corrected chi connectivity index (χ2v) is 2.97. The van der Waals surface area contributed by atoms with Gasteiger partial charge in [-0.1, -0.05) is 43.1 Å². The SMILES string of the molecule is CC.Cc1ccc(C=O)c(Cl)c1Cl. The average molecular weight is 219 g/mol. The fourth-order valence-corrected chi connectivity index (χ4v) is 1.18. The zero-order chi connectivity index (χ0) is 10.4. The fourth-order valence-electron chi connectivity index (χ4n) is 0.752. The maximum atomic E-state index is 10.3. The summed E-state index contributed by atoms with van der Waals surface area (Å²) in [5.74, 6) is 0. The van der Waals surface area contributed by atoms with Gasteiger partial charge in [0.25, 0.3) is 0 Å². The minimum absolute atomic E-state index is 0.335. The molecule has 0 heterocycles. The summed E-state index contributed by atoms with van der Waals surface area (Å²) in [6.07, 6.45) is 0.688. The van der Waals surface area contributed by atoms with E-state index < -0.39 is 0 Å². The highest BCUT2D eigenvalue weighted by Crippen LogP contribution is 2.27. The first-order valence-corrected chi connectivity index (χ1v) is 4.82. The van der Waals surface area contributed by atoms with Crippen molar-refractivity contribution < 1.29 is 4.79 Å². The highest BCUT2D eigenvalue weighted by atomic mass is 35.5. The highest BCUT2D eigenvalue weighted by Gasteiger charge is 2.05. The van der Waals surface area contributed by atoms with Crippen LogP contribution >= 0.6 is 23.2 Å². The molecule has 0 spiro atoms. The van der Waals surface area contributed by atoms with Crippen LogP contribution in [0.3, 0.4) is 0 Å². The molecular weight excluding hydrogens is 207 g/mol. The molecule has 3 heteroatoms. The largest absolute Gasteiger partial charge is 0.298 e. The fraction of sp³-hybridized carbons (Fsp3) is 0.300.